The SMILES string of the molecule is CCS(=O)(=O)CCn1c(N2CCCN(CCC(CN(C)C(=O)c3ccccc3)c3ccccc3)CC2)nc2ccccc21. The molecule has 0 aliphatic carbocycles. The summed E-state index contributed by atoms with van der Waals surface area (Å²) in [5.74, 6) is 1.38. The van der Waals surface area contributed by atoms with Gasteiger partial charge in [-0.25, -0.2) is 13.4 Å². The fraction of sp³-hybridized carbons (Fsp3) is 0.412. The van der Waals surface area contributed by atoms with E-state index in [9.17, 15) is 13.2 Å². The summed E-state index contributed by atoms with van der Waals surface area (Å²) in [6, 6.07) is 28.0. The normalized spacial score (nSPS) is 15.3. The maximum absolute atomic E-state index is 13.1. The molecule has 5 rings (SSSR count). The molecule has 0 radical (unpaired) electrons. The summed E-state index contributed by atoms with van der Waals surface area (Å²) in [7, 11) is -1.20. The van der Waals surface area contributed by atoms with Crippen LogP contribution in [0.5, 0.6) is 0 Å². The maximum Gasteiger partial charge on any atom is 0.253 e. The minimum absolute atomic E-state index is 0.0431. The number of likely N-dealkylation sites (N-methyl/N-ethyl adjacent to an activating group) is 1. The molecule has 0 saturated carbocycles. The van der Waals surface area contributed by atoms with Gasteiger partial charge in [0.15, 0.2) is 9.84 Å². The number of benzene rings is 3. The van der Waals surface area contributed by atoms with Crippen LogP contribution >= 0.6 is 0 Å². The van der Waals surface area contributed by atoms with E-state index in [2.05, 4.69) is 38.6 Å². The number of imidazole rings is 1. The molecule has 1 saturated heterocycles. The first-order chi connectivity index (χ1) is 20.8. The fourth-order valence-electron chi connectivity index (χ4n) is 5.94. The van der Waals surface area contributed by atoms with Crippen LogP contribution in [0.15, 0.2) is 84.9 Å². The van der Waals surface area contributed by atoms with Crippen LogP contribution in [0.3, 0.4) is 0 Å². The van der Waals surface area contributed by atoms with Crippen LogP contribution in [0.25, 0.3) is 11.0 Å². The molecular formula is C34H43N5O3S. The Kier molecular flexibility index (Phi) is 10.1. The Morgan fingerprint density at radius 2 is 1.58 bits per heavy atom. The first kappa shape index (κ1) is 30.8. The summed E-state index contributed by atoms with van der Waals surface area (Å²) in [6.45, 7) is 7.28. The number of amides is 1. The molecule has 1 amide bonds. The summed E-state index contributed by atoms with van der Waals surface area (Å²) < 4.78 is 26.8. The summed E-state index contributed by atoms with van der Waals surface area (Å²) in [6.07, 6.45) is 1.95. The molecule has 0 bridgehead atoms. The van der Waals surface area contributed by atoms with Gasteiger partial charge in [-0.3, -0.25) is 4.79 Å². The summed E-state index contributed by atoms with van der Waals surface area (Å²) >= 11 is 0. The molecule has 1 unspecified atom stereocenters. The number of rotatable bonds is 12. The fourth-order valence-corrected chi connectivity index (χ4v) is 6.68. The van der Waals surface area contributed by atoms with Crippen LogP contribution in [-0.4, -0.2) is 91.5 Å². The topological polar surface area (TPSA) is 78.8 Å². The maximum atomic E-state index is 13.1. The predicted octanol–water partition coefficient (Wildman–Crippen LogP) is 4.93. The second-order valence-corrected chi connectivity index (χ2v) is 13.9. The summed E-state index contributed by atoms with van der Waals surface area (Å²) in [4.78, 5) is 24.8. The van der Waals surface area contributed by atoms with Crippen LogP contribution in [0.1, 0.15) is 41.6 Å². The Balaban J connectivity index is 1.26. The van der Waals surface area contributed by atoms with Gasteiger partial charge in [0.1, 0.15) is 0 Å². The van der Waals surface area contributed by atoms with Crippen LogP contribution in [0, 0.1) is 0 Å². The molecule has 2 heterocycles. The van der Waals surface area contributed by atoms with Crippen molar-refractivity contribution in [3.05, 3.63) is 96.1 Å². The molecule has 0 spiro atoms. The van der Waals surface area contributed by atoms with Crippen LogP contribution in [-0.2, 0) is 16.4 Å². The third kappa shape index (κ3) is 7.83. The van der Waals surface area contributed by atoms with E-state index in [0.29, 0.717) is 18.7 Å². The zero-order valence-corrected chi connectivity index (χ0v) is 26.1. The molecule has 3 aromatic carbocycles. The van der Waals surface area contributed by atoms with Gasteiger partial charge in [-0.05, 0) is 55.8 Å². The lowest BCUT2D eigenvalue weighted by Gasteiger charge is -2.28. The smallest absolute Gasteiger partial charge is 0.253 e. The van der Waals surface area contributed by atoms with Crippen LogP contribution < -0.4 is 4.90 Å². The van der Waals surface area contributed by atoms with Gasteiger partial charge in [-0.15, -0.1) is 0 Å². The van der Waals surface area contributed by atoms with E-state index in [1.807, 2.05) is 72.6 Å². The Morgan fingerprint density at radius 3 is 2.33 bits per heavy atom. The predicted molar refractivity (Wildman–Crippen MR) is 175 cm³/mol. The number of aromatic nitrogens is 2. The largest absolute Gasteiger partial charge is 0.341 e. The minimum atomic E-state index is -3.10. The van der Waals surface area contributed by atoms with E-state index in [4.69, 9.17) is 4.98 Å². The minimum Gasteiger partial charge on any atom is -0.341 e. The number of hydrogen-bond donors (Lipinski definition) is 0. The van der Waals surface area contributed by atoms with Crippen molar-refractivity contribution in [2.75, 3.05) is 62.7 Å². The van der Waals surface area contributed by atoms with Gasteiger partial charge >= 0.3 is 0 Å². The van der Waals surface area contributed by atoms with Crippen molar-refractivity contribution in [3.8, 4) is 0 Å². The average molecular weight is 602 g/mol. The average Bonchev–Trinajstić information content (AvgIpc) is 3.24. The number of nitrogens with zero attached hydrogens (tertiary/aromatic N) is 5. The van der Waals surface area contributed by atoms with E-state index < -0.39 is 9.84 Å². The van der Waals surface area contributed by atoms with Gasteiger partial charge < -0.3 is 19.3 Å². The van der Waals surface area contributed by atoms with E-state index in [1.165, 1.54) is 5.56 Å². The van der Waals surface area contributed by atoms with Gasteiger partial charge in [0.05, 0.1) is 16.8 Å². The van der Waals surface area contributed by atoms with Crippen LogP contribution in [0.2, 0.25) is 0 Å². The molecule has 9 heteroatoms. The molecule has 228 valence electrons. The Hall–Kier alpha value is -3.69. The van der Waals surface area contributed by atoms with Crippen molar-refractivity contribution < 1.29 is 13.2 Å². The number of carbonyl (C=O) groups is 1. The second-order valence-electron chi connectivity index (χ2n) is 11.4. The molecule has 1 aliphatic heterocycles. The summed E-state index contributed by atoms with van der Waals surface area (Å²) in [5, 5.41) is 0. The van der Waals surface area contributed by atoms with E-state index >= 15 is 0 Å². The molecule has 1 aliphatic rings. The standard InChI is InChI=1S/C34H43N5O3S/c1-3-43(41,42)26-25-39-32-18-11-10-17-31(32)35-34(39)38-21-12-20-37(23-24-38)22-19-30(28-13-6-4-7-14-28)27-36(2)33(40)29-15-8-5-9-16-29/h4-11,13-18,30H,3,12,19-27H2,1-2H3. The highest BCUT2D eigenvalue weighted by Crippen LogP contribution is 2.26. The van der Waals surface area contributed by atoms with Crippen molar-refractivity contribution in [2.45, 2.75) is 32.2 Å². The number of hydrogen-bond acceptors (Lipinski definition) is 6. The number of sulfone groups is 1. The third-order valence-electron chi connectivity index (χ3n) is 8.50. The van der Waals surface area contributed by atoms with E-state index in [1.54, 1.807) is 6.92 Å². The lowest BCUT2D eigenvalue weighted by atomic mass is 9.94. The molecule has 4 aromatic rings. The first-order valence-electron chi connectivity index (χ1n) is 15.3. The molecule has 1 aromatic heterocycles. The van der Waals surface area contributed by atoms with Crippen molar-refractivity contribution in [1.29, 1.82) is 0 Å². The van der Waals surface area contributed by atoms with E-state index in [-0.39, 0.29) is 23.3 Å². The number of aryl methyl sites for hydroxylation is 1. The number of para-hydroxylation sites is 2. The third-order valence-corrected chi connectivity index (χ3v) is 10.2. The molecular weight excluding hydrogens is 558 g/mol. The molecule has 43 heavy (non-hydrogen) atoms. The lowest BCUT2D eigenvalue weighted by molar-refractivity contribution is 0.0782. The van der Waals surface area contributed by atoms with Crippen molar-refractivity contribution in [2.24, 2.45) is 0 Å². The number of anilines is 1. The van der Waals surface area contributed by atoms with Crippen molar-refractivity contribution in [3.63, 3.8) is 0 Å². The number of fused-ring (bicyclic) bond motifs is 1. The highest BCUT2D eigenvalue weighted by molar-refractivity contribution is 7.91. The molecule has 1 fully saturated rings. The van der Waals surface area contributed by atoms with Crippen molar-refractivity contribution >= 4 is 32.7 Å². The molecule has 8 nitrogen and oxygen atoms in total. The Morgan fingerprint density at radius 1 is 0.884 bits per heavy atom. The lowest BCUT2D eigenvalue weighted by Crippen LogP contribution is -2.35. The highest BCUT2D eigenvalue weighted by atomic mass is 32.2. The second kappa shape index (κ2) is 14.2. The monoisotopic (exact) mass is 601 g/mol. The van der Waals surface area contributed by atoms with Gasteiger partial charge in [-0.1, -0.05) is 67.6 Å². The van der Waals surface area contributed by atoms with Gasteiger partial charge in [-0.2, -0.15) is 0 Å². The van der Waals surface area contributed by atoms with Gasteiger partial charge in [0, 0.05) is 57.0 Å². The zero-order valence-electron chi connectivity index (χ0n) is 25.3. The number of carbonyl (C=O) groups excluding carboxylic acids is 1. The van der Waals surface area contributed by atoms with Gasteiger partial charge in [0.25, 0.3) is 5.91 Å². The highest BCUT2D eigenvalue weighted by Gasteiger charge is 2.24. The van der Waals surface area contributed by atoms with Crippen LogP contribution in [0.4, 0.5) is 5.95 Å². The Bertz CT molecular complexity index is 1590. The Labute approximate surface area is 255 Å². The zero-order chi connectivity index (χ0) is 30.2. The van der Waals surface area contributed by atoms with Crippen molar-refractivity contribution in [1.82, 2.24) is 19.4 Å². The quantitative estimate of drug-likeness (QED) is 0.229. The van der Waals surface area contributed by atoms with E-state index in [0.717, 1.165) is 62.5 Å². The first-order valence-corrected chi connectivity index (χ1v) is 17.1. The summed E-state index contributed by atoms with van der Waals surface area (Å²) in [5.41, 5.74) is 3.84. The molecule has 1 atom stereocenters. The molecule has 0 N–H and O–H groups in total. The van der Waals surface area contributed by atoms with Gasteiger partial charge in [0.2, 0.25) is 5.95 Å².